The van der Waals surface area contributed by atoms with Crippen LogP contribution in [0.5, 0.6) is 0 Å². The summed E-state index contributed by atoms with van der Waals surface area (Å²) in [4.78, 5) is 10.4. The first kappa shape index (κ1) is 11.4. The van der Waals surface area contributed by atoms with E-state index in [0.717, 1.165) is 19.3 Å². The standard InChI is InChI=1S/C13H14O2Se/c14-13(15)8-4-2-6-11-9-10-5-1-3-7-12(10)16-11/h1,3,5,7,9H,2,4,6,8H2,(H,14,15). The Kier molecular flexibility index (Phi) is 3.81. The Morgan fingerprint density at radius 3 is 2.81 bits per heavy atom. The van der Waals surface area contributed by atoms with Gasteiger partial charge in [0.25, 0.3) is 0 Å². The van der Waals surface area contributed by atoms with Crippen molar-refractivity contribution in [1.29, 1.82) is 0 Å². The number of benzene rings is 1. The van der Waals surface area contributed by atoms with Crippen LogP contribution in [0.1, 0.15) is 23.7 Å². The Morgan fingerprint density at radius 1 is 1.25 bits per heavy atom. The predicted octanol–water partition coefficient (Wildman–Crippen LogP) is 2.69. The van der Waals surface area contributed by atoms with E-state index in [-0.39, 0.29) is 0 Å². The Labute approximate surface area is 101 Å². The van der Waals surface area contributed by atoms with Gasteiger partial charge in [0.2, 0.25) is 0 Å². The molecule has 1 N–H and O–H groups in total. The summed E-state index contributed by atoms with van der Waals surface area (Å²) >= 11 is 0.472. The molecule has 16 heavy (non-hydrogen) atoms. The monoisotopic (exact) mass is 282 g/mol. The molecule has 1 aromatic heterocycles. The van der Waals surface area contributed by atoms with Crippen molar-refractivity contribution in [3.63, 3.8) is 0 Å². The van der Waals surface area contributed by atoms with Crippen LogP contribution in [0.15, 0.2) is 30.3 Å². The number of fused-ring (bicyclic) bond motifs is 1. The van der Waals surface area contributed by atoms with Gasteiger partial charge in [0, 0.05) is 0 Å². The van der Waals surface area contributed by atoms with Gasteiger partial charge in [-0.25, -0.2) is 0 Å². The van der Waals surface area contributed by atoms with Crippen molar-refractivity contribution in [1.82, 2.24) is 0 Å². The molecule has 2 aromatic rings. The quantitative estimate of drug-likeness (QED) is 0.676. The Morgan fingerprint density at radius 2 is 2.06 bits per heavy atom. The molecular weight excluding hydrogens is 267 g/mol. The maximum atomic E-state index is 10.4. The summed E-state index contributed by atoms with van der Waals surface area (Å²) < 4.78 is 2.96. The van der Waals surface area contributed by atoms with Crippen LogP contribution in [0, 0.1) is 0 Å². The zero-order chi connectivity index (χ0) is 11.4. The van der Waals surface area contributed by atoms with Crippen LogP contribution in [0.25, 0.3) is 9.65 Å². The molecule has 1 aromatic carbocycles. The molecule has 84 valence electrons. The molecule has 1 heterocycles. The number of hydrogen-bond donors (Lipinski definition) is 1. The number of carboxylic acid groups (broad SMARTS) is 1. The van der Waals surface area contributed by atoms with Crippen molar-refractivity contribution in [3.05, 3.63) is 34.8 Å². The molecule has 2 rings (SSSR count). The Bertz CT molecular complexity index is 454. The first-order valence-corrected chi connectivity index (χ1v) is 7.16. The van der Waals surface area contributed by atoms with Crippen molar-refractivity contribution < 1.29 is 9.90 Å². The minimum atomic E-state index is -0.686. The molecule has 0 amide bonds. The molecule has 0 unspecified atom stereocenters. The molecular formula is C13H14O2Se. The van der Waals surface area contributed by atoms with Gasteiger partial charge in [-0.15, -0.1) is 0 Å². The van der Waals surface area contributed by atoms with Crippen molar-refractivity contribution in [2.75, 3.05) is 0 Å². The van der Waals surface area contributed by atoms with Gasteiger partial charge in [-0.3, -0.25) is 0 Å². The number of unbranched alkanes of at least 4 members (excludes halogenated alkanes) is 1. The molecule has 0 aliphatic heterocycles. The van der Waals surface area contributed by atoms with Crippen LogP contribution in [-0.4, -0.2) is 25.6 Å². The summed E-state index contributed by atoms with van der Waals surface area (Å²) in [6.45, 7) is 0. The predicted molar refractivity (Wildman–Crippen MR) is 66.1 cm³/mol. The van der Waals surface area contributed by atoms with Gasteiger partial charge >= 0.3 is 100 Å². The van der Waals surface area contributed by atoms with Crippen molar-refractivity contribution >= 4 is 30.1 Å². The van der Waals surface area contributed by atoms with Gasteiger partial charge in [-0.2, -0.15) is 0 Å². The Hall–Kier alpha value is -1.05. The molecule has 0 fully saturated rings. The fraction of sp³-hybridized carbons (Fsp3) is 0.308. The number of carboxylic acids is 1. The second kappa shape index (κ2) is 5.33. The SMILES string of the molecule is O=C(O)CCCCc1cc2ccccc2[se]1. The van der Waals surface area contributed by atoms with Crippen LogP contribution in [0.2, 0.25) is 0 Å². The molecule has 0 aliphatic carbocycles. The summed E-state index contributed by atoms with van der Waals surface area (Å²) in [5, 5.41) is 9.89. The third-order valence-corrected chi connectivity index (χ3v) is 5.01. The topological polar surface area (TPSA) is 37.3 Å². The van der Waals surface area contributed by atoms with Gasteiger partial charge in [0.15, 0.2) is 0 Å². The summed E-state index contributed by atoms with van der Waals surface area (Å²) in [5.74, 6) is -0.686. The van der Waals surface area contributed by atoms with E-state index < -0.39 is 5.97 Å². The molecule has 3 heteroatoms. The van der Waals surface area contributed by atoms with E-state index >= 15 is 0 Å². The summed E-state index contributed by atoms with van der Waals surface area (Å²) in [6.07, 6.45) is 3.14. The van der Waals surface area contributed by atoms with E-state index in [0.29, 0.717) is 20.9 Å². The first-order chi connectivity index (χ1) is 7.75. The van der Waals surface area contributed by atoms with E-state index in [4.69, 9.17) is 5.11 Å². The summed E-state index contributed by atoms with van der Waals surface area (Å²) in [7, 11) is 0. The van der Waals surface area contributed by atoms with Gasteiger partial charge in [-0.1, -0.05) is 0 Å². The van der Waals surface area contributed by atoms with E-state index in [2.05, 4.69) is 30.3 Å². The second-order valence-corrected chi connectivity index (χ2v) is 6.30. The summed E-state index contributed by atoms with van der Waals surface area (Å²) in [6, 6.07) is 10.8. The molecule has 0 spiro atoms. The molecule has 0 atom stereocenters. The number of aryl methyl sites for hydroxylation is 1. The number of hydrogen-bond acceptors (Lipinski definition) is 1. The van der Waals surface area contributed by atoms with Gasteiger partial charge < -0.3 is 0 Å². The zero-order valence-corrected chi connectivity index (χ0v) is 10.7. The van der Waals surface area contributed by atoms with Gasteiger partial charge in [0.1, 0.15) is 0 Å². The van der Waals surface area contributed by atoms with Crippen LogP contribution in [0.4, 0.5) is 0 Å². The zero-order valence-electron chi connectivity index (χ0n) is 8.98. The van der Waals surface area contributed by atoms with E-state index in [1.165, 1.54) is 14.1 Å². The number of rotatable bonds is 5. The van der Waals surface area contributed by atoms with E-state index in [1.54, 1.807) is 0 Å². The minimum absolute atomic E-state index is 0.299. The fourth-order valence-corrected chi connectivity index (χ4v) is 4.06. The first-order valence-electron chi connectivity index (χ1n) is 5.45. The van der Waals surface area contributed by atoms with E-state index in [1.807, 2.05) is 0 Å². The average Bonchev–Trinajstić information content (AvgIpc) is 2.66. The van der Waals surface area contributed by atoms with Crippen LogP contribution >= 0.6 is 0 Å². The summed E-state index contributed by atoms with van der Waals surface area (Å²) in [5.41, 5.74) is 0. The molecule has 2 nitrogen and oxygen atoms in total. The van der Waals surface area contributed by atoms with Crippen molar-refractivity contribution in [2.45, 2.75) is 25.7 Å². The third kappa shape index (κ3) is 2.97. The molecule has 0 bridgehead atoms. The normalized spacial score (nSPS) is 10.8. The second-order valence-electron chi connectivity index (χ2n) is 3.85. The third-order valence-electron chi connectivity index (χ3n) is 2.54. The Balaban J connectivity index is 1.92. The number of aliphatic carboxylic acids is 1. The van der Waals surface area contributed by atoms with Crippen molar-refractivity contribution in [3.8, 4) is 0 Å². The van der Waals surface area contributed by atoms with E-state index in [9.17, 15) is 4.79 Å². The van der Waals surface area contributed by atoms with Gasteiger partial charge in [-0.05, 0) is 0 Å². The molecule has 0 radical (unpaired) electrons. The fourth-order valence-electron chi connectivity index (χ4n) is 1.74. The molecule has 0 aliphatic rings. The van der Waals surface area contributed by atoms with Gasteiger partial charge in [0.05, 0.1) is 0 Å². The molecule has 0 saturated carbocycles. The van der Waals surface area contributed by atoms with Crippen LogP contribution < -0.4 is 0 Å². The number of carbonyl (C=O) groups is 1. The van der Waals surface area contributed by atoms with Crippen LogP contribution in [0.3, 0.4) is 0 Å². The van der Waals surface area contributed by atoms with Crippen molar-refractivity contribution in [2.24, 2.45) is 0 Å². The average molecular weight is 281 g/mol. The van der Waals surface area contributed by atoms with Crippen LogP contribution in [-0.2, 0) is 11.2 Å². The molecule has 0 saturated heterocycles. The maximum absolute atomic E-state index is 10.4.